The Morgan fingerprint density at radius 2 is 1.78 bits per heavy atom. The van der Waals surface area contributed by atoms with E-state index < -0.39 is 14.9 Å². The molecule has 1 N–H and O–H groups in total. The molecule has 1 aliphatic rings. The Kier molecular flexibility index (Phi) is 6.46. The van der Waals surface area contributed by atoms with Crippen molar-refractivity contribution in [2.45, 2.75) is 43.3 Å². The molecule has 0 bridgehead atoms. The van der Waals surface area contributed by atoms with E-state index in [2.05, 4.69) is 34.3 Å². The second-order valence-corrected chi connectivity index (χ2v) is 10.9. The van der Waals surface area contributed by atoms with Crippen molar-refractivity contribution in [1.82, 2.24) is 13.9 Å². The van der Waals surface area contributed by atoms with Crippen LogP contribution in [0.2, 0.25) is 0 Å². The number of pyridine rings is 1. The first kappa shape index (κ1) is 24.0. The van der Waals surface area contributed by atoms with Gasteiger partial charge >= 0.3 is 5.69 Å². The summed E-state index contributed by atoms with van der Waals surface area (Å²) < 4.78 is 27.5. The summed E-state index contributed by atoms with van der Waals surface area (Å²) in [5.74, 6) is 0. The summed E-state index contributed by atoms with van der Waals surface area (Å²) in [4.78, 5) is 18.1. The first-order chi connectivity index (χ1) is 17.3. The molecule has 0 unspecified atom stereocenters. The minimum absolute atomic E-state index is 0.00500. The molecule has 2 aromatic carbocycles. The minimum Gasteiger partial charge on any atom is -0.376 e. The topological polar surface area (TPSA) is 110 Å². The van der Waals surface area contributed by atoms with Crippen LogP contribution < -0.4 is 5.32 Å². The highest BCUT2D eigenvalue weighted by Crippen LogP contribution is 2.35. The molecule has 1 fully saturated rings. The van der Waals surface area contributed by atoms with Gasteiger partial charge in [0.25, 0.3) is 10.0 Å². The van der Waals surface area contributed by atoms with E-state index in [9.17, 15) is 18.5 Å². The quantitative estimate of drug-likeness (QED) is 0.288. The summed E-state index contributed by atoms with van der Waals surface area (Å²) in [5, 5.41) is 15.6. The average molecular weight is 506 g/mol. The molecule has 36 heavy (non-hydrogen) atoms. The number of nitrogens with zero attached hydrogens (tertiary/aromatic N) is 4. The van der Waals surface area contributed by atoms with Gasteiger partial charge < -0.3 is 5.32 Å². The lowest BCUT2D eigenvalue weighted by Gasteiger charge is -2.38. The molecule has 0 saturated carbocycles. The minimum atomic E-state index is -3.90. The molecule has 3 heterocycles. The molecule has 0 aliphatic carbocycles. The fourth-order valence-corrected chi connectivity index (χ4v) is 6.17. The van der Waals surface area contributed by atoms with E-state index in [1.165, 1.54) is 23.9 Å². The molecule has 2 atom stereocenters. The van der Waals surface area contributed by atoms with Crippen LogP contribution >= 0.6 is 0 Å². The maximum atomic E-state index is 13.2. The van der Waals surface area contributed by atoms with Gasteiger partial charge in [0.2, 0.25) is 0 Å². The van der Waals surface area contributed by atoms with Crippen LogP contribution in [0.15, 0.2) is 84.0 Å². The molecular formula is C26H27N5O4S. The number of likely N-dealkylation sites (tertiary alicyclic amines) is 1. The van der Waals surface area contributed by atoms with Crippen molar-refractivity contribution < 1.29 is 13.3 Å². The Morgan fingerprint density at radius 3 is 2.44 bits per heavy atom. The number of benzene rings is 2. The van der Waals surface area contributed by atoms with Crippen LogP contribution in [0.1, 0.15) is 25.3 Å². The number of aromatic nitrogens is 2. The third-order valence-electron chi connectivity index (χ3n) is 6.75. The van der Waals surface area contributed by atoms with Gasteiger partial charge in [0.1, 0.15) is 11.9 Å². The normalized spacial score (nSPS) is 18.8. The average Bonchev–Trinajstić information content (AvgIpc) is 3.32. The Hall–Kier alpha value is -3.76. The predicted octanol–water partition coefficient (Wildman–Crippen LogP) is 4.65. The highest BCUT2D eigenvalue weighted by atomic mass is 32.2. The van der Waals surface area contributed by atoms with Gasteiger partial charge in [-0.3, -0.25) is 15.0 Å². The molecule has 1 saturated heterocycles. The number of fused-ring (bicyclic) bond motifs is 1. The molecule has 10 heteroatoms. The number of nitro groups is 1. The van der Waals surface area contributed by atoms with E-state index in [0.717, 1.165) is 36.1 Å². The van der Waals surface area contributed by atoms with E-state index >= 15 is 0 Å². The fraction of sp³-hybridized carbons (Fsp3) is 0.269. The van der Waals surface area contributed by atoms with Gasteiger partial charge in [-0.05, 0) is 43.5 Å². The fourth-order valence-electron chi connectivity index (χ4n) is 4.85. The molecule has 5 rings (SSSR count). The summed E-state index contributed by atoms with van der Waals surface area (Å²) in [6.45, 7) is 3.87. The number of nitrogens with one attached hydrogen (secondary N) is 1. The largest absolute Gasteiger partial charge is 0.376 e. The first-order valence-electron chi connectivity index (χ1n) is 11.8. The van der Waals surface area contributed by atoms with E-state index in [0.29, 0.717) is 11.1 Å². The molecular weight excluding hydrogens is 478 g/mol. The van der Waals surface area contributed by atoms with Gasteiger partial charge in [-0.15, -0.1) is 0 Å². The maximum Gasteiger partial charge on any atom is 0.311 e. The lowest BCUT2D eigenvalue weighted by molar-refractivity contribution is -0.384. The van der Waals surface area contributed by atoms with Crippen LogP contribution in [-0.4, -0.2) is 45.8 Å². The van der Waals surface area contributed by atoms with Crippen molar-refractivity contribution in [3.8, 4) is 0 Å². The summed E-state index contributed by atoms with van der Waals surface area (Å²) in [5.41, 5.74) is 1.54. The second-order valence-electron chi connectivity index (χ2n) is 9.11. The zero-order valence-corrected chi connectivity index (χ0v) is 20.6. The number of rotatable bonds is 7. The van der Waals surface area contributed by atoms with Crippen LogP contribution in [-0.2, 0) is 16.6 Å². The van der Waals surface area contributed by atoms with E-state index in [1.807, 2.05) is 18.2 Å². The maximum absolute atomic E-state index is 13.2. The van der Waals surface area contributed by atoms with Crippen molar-refractivity contribution in [3.05, 3.63) is 94.8 Å². The van der Waals surface area contributed by atoms with Crippen LogP contribution in [0, 0.1) is 10.1 Å². The van der Waals surface area contributed by atoms with Crippen LogP contribution in [0.5, 0.6) is 0 Å². The van der Waals surface area contributed by atoms with Gasteiger partial charge in [-0.2, -0.15) is 0 Å². The zero-order chi connectivity index (χ0) is 25.3. The molecule has 1 aliphatic heterocycles. The van der Waals surface area contributed by atoms with Crippen molar-refractivity contribution in [3.63, 3.8) is 0 Å². The van der Waals surface area contributed by atoms with Crippen LogP contribution in [0.3, 0.4) is 0 Å². The monoisotopic (exact) mass is 505 g/mol. The lowest BCUT2D eigenvalue weighted by atomic mass is 9.97. The van der Waals surface area contributed by atoms with E-state index in [1.54, 1.807) is 24.3 Å². The third kappa shape index (κ3) is 4.57. The summed E-state index contributed by atoms with van der Waals surface area (Å²) >= 11 is 0. The van der Waals surface area contributed by atoms with Gasteiger partial charge in [0.05, 0.1) is 15.2 Å². The zero-order valence-electron chi connectivity index (χ0n) is 19.8. The summed E-state index contributed by atoms with van der Waals surface area (Å²) in [6.07, 6.45) is 4.15. The molecule has 0 radical (unpaired) electrons. The summed E-state index contributed by atoms with van der Waals surface area (Å²) in [7, 11) is -3.90. The molecule has 186 valence electrons. The smallest absolute Gasteiger partial charge is 0.311 e. The first-order valence-corrected chi connectivity index (χ1v) is 13.3. The number of piperidine rings is 1. The van der Waals surface area contributed by atoms with E-state index in [-0.39, 0.29) is 28.3 Å². The number of hydrogen-bond acceptors (Lipinski definition) is 7. The SMILES string of the molecule is C[C@H]1C[C@@H](Nc2c([N+](=O)[O-])cnc3c2ccn3S(=O)(=O)c2ccccc2)CCN1Cc1ccccc1. The third-order valence-corrected chi connectivity index (χ3v) is 8.43. The van der Waals surface area contributed by atoms with Crippen molar-refractivity contribution in [2.24, 2.45) is 0 Å². The van der Waals surface area contributed by atoms with Gasteiger partial charge in [0, 0.05) is 31.4 Å². The lowest BCUT2D eigenvalue weighted by Crippen LogP contribution is -2.44. The molecule has 4 aromatic rings. The predicted molar refractivity (Wildman–Crippen MR) is 138 cm³/mol. The second kappa shape index (κ2) is 9.71. The Morgan fingerprint density at radius 1 is 1.08 bits per heavy atom. The van der Waals surface area contributed by atoms with Crippen LogP contribution in [0.4, 0.5) is 11.4 Å². The highest BCUT2D eigenvalue weighted by molar-refractivity contribution is 7.90. The van der Waals surface area contributed by atoms with Crippen molar-refractivity contribution >= 4 is 32.4 Å². The molecule has 2 aromatic heterocycles. The van der Waals surface area contributed by atoms with Gasteiger partial charge in [-0.1, -0.05) is 48.5 Å². The Bertz CT molecular complexity index is 1490. The van der Waals surface area contributed by atoms with E-state index in [4.69, 9.17) is 0 Å². The number of hydrogen-bond donors (Lipinski definition) is 1. The van der Waals surface area contributed by atoms with Gasteiger partial charge in [0.15, 0.2) is 5.65 Å². The Labute approximate surface area is 209 Å². The van der Waals surface area contributed by atoms with Crippen LogP contribution in [0.25, 0.3) is 11.0 Å². The Balaban J connectivity index is 1.43. The van der Waals surface area contributed by atoms with Gasteiger partial charge in [-0.25, -0.2) is 17.4 Å². The molecule has 9 nitrogen and oxygen atoms in total. The molecule has 0 spiro atoms. The van der Waals surface area contributed by atoms with Crippen molar-refractivity contribution in [2.75, 3.05) is 11.9 Å². The highest BCUT2D eigenvalue weighted by Gasteiger charge is 2.30. The van der Waals surface area contributed by atoms with Crippen molar-refractivity contribution in [1.29, 1.82) is 0 Å². The summed E-state index contributed by atoms with van der Waals surface area (Å²) in [6, 6.07) is 20.2. The standard InChI is InChI=1S/C26H27N5O4S/c1-19-16-21(12-14-29(19)18-20-8-4-2-5-9-20)28-25-23-13-15-30(26(23)27-17-24(25)31(32)33)36(34,35)22-10-6-3-7-11-22/h2-11,13,15,17,19,21H,12,14,16,18H2,1H3,(H,27,28)/t19-,21-/m0/s1. The molecule has 0 amide bonds. The number of anilines is 1.